The fourth-order valence-corrected chi connectivity index (χ4v) is 9.17. The summed E-state index contributed by atoms with van der Waals surface area (Å²) in [5.41, 5.74) is 14.8. The van der Waals surface area contributed by atoms with Crippen LogP contribution in [-0.4, -0.2) is 9.24 Å². The molecule has 0 saturated heterocycles. The Morgan fingerprint density at radius 2 is 1.00 bits per heavy atom. The first-order valence-electron chi connectivity index (χ1n) is 18.6. The van der Waals surface area contributed by atoms with Crippen molar-refractivity contribution in [2.75, 3.05) is 0 Å². The number of fused-ring (bicyclic) bond motifs is 9. The lowest BCUT2D eigenvalue weighted by molar-refractivity contribution is -0.719. The van der Waals surface area contributed by atoms with Gasteiger partial charge >= 0.3 is 0 Å². The fraction of sp³-hybridized carbons (Fsp3) is 0. The van der Waals surface area contributed by atoms with Gasteiger partial charge in [-0.15, -0.1) is 4.68 Å². The first-order chi connectivity index (χ1) is 26.8. The van der Waals surface area contributed by atoms with Gasteiger partial charge < -0.3 is 4.57 Å². The smallest absolute Gasteiger partial charge is 0.208 e. The summed E-state index contributed by atoms with van der Waals surface area (Å²) < 4.78 is 7.10. The van der Waals surface area contributed by atoms with Crippen molar-refractivity contribution in [1.29, 1.82) is 0 Å². The Bertz CT molecular complexity index is 3310. The SMILES string of the molecule is c1ccc(-c2c[n+](-n3c4ccccc4c4cc(-c5ccc6c(c5)c5c(n6-c6ccccc6)-c6cccc7cccc-5c67)ccc43)cc3ccccc23)cc1. The molecule has 0 aliphatic heterocycles. The maximum absolute atomic E-state index is 2.46. The third-order valence-electron chi connectivity index (χ3n) is 11.5. The highest BCUT2D eigenvalue weighted by Gasteiger charge is 2.29. The number of hydrogen-bond donors (Lipinski definition) is 0. The lowest BCUT2D eigenvalue weighted by Gasteiger charge is -2.12. The van der Waals surface area contributed by atoms with Gasteiger partial charge in [0.15, 0.2) is 0 Å². The predicted octanol–water partition coefficient (Wildman–Crippen LogP) is 12.6. The second-order valence-electron chi connectivity index (χ2n) is 14.4. The Hall–Kier alpha value is -7.23. The Morgan fingerprint density at radius 1 is 0.370 bits per heavy atom. The first kappa shape index (κ1) is 29.4. The van der Waals surface area contributed by atoms with E-state index in [1.165, 1.54) is 105 Å². The van der Waals surface area contributed by atoms with E-state index in [1.807, 2.05) is 0 Å². The minimum absolute atomic E-state index is 1.17. The summed E-state index contributed by atoms with van der Waals surface area (Å²) in [7, 11) is 0. The molecule has 3 aromatic heterocycles. The summed E-state index contributed by atoms with van der Waals surface area (Å²) in [4.78, 5) is 0. The molecular weight excluding hydrogens is 655 g/mol. The van der Waals surface area contributed by atoms with E-state index >= 15 is 0 Å². The molecular formula is C51H32N3+. The number of pyridine rings is 1. The van der Waals surface area contributed by atoms with Gasteiger partial charge in [0.25, 0.3) is 0 Å². The molecule has 11 aromatic rings. The van der Waals surface area contributed by atoms with Gasteiger partial charge in [-0.25, -0.2) is 0 Å². The molecule has 250 valence electrons. The monoisotopic (exact) mass is 686 g/mol. The van der Waals surface area contributed by atoms with E-state index in [0.29, 0.717) is 0 Å². The molecule has 0 radical (unpaired) electrons. The van der Waals surface area contributed by atoms with E-state index in [1.54, 1.807) is 0 Å². The summed E-state index contributed by atoms with van der Waals surface area (Å²) in [5, 5.41) is 8.81. The molecule has 0 spiro atoms. The average molecular weight is 687 g/mol. The summed E-state index contributed by atoms with van der Waals surface area (Å²) in [5.74, 6) is 0. The van der Waals surface area contributed by atoms with E-state index in [2.05, 4.69) is 208 Å². The molecule has 1 aliphatic rings. The minimum Gasteiger partial charge on any atom is -0.309 e. The number of para-hydroxylation sites is 2. The molecule has 0 atom stereocenters. The van der Waals surface area contributed by atoms with E-state index in [-0.39, 0.29) is 0 Å². The van der Waals surface area contributed by atoms with E-state index in [0.717, 1.165) is 0 Å². The van der Waals surface area contributed by atoms with Gasteiger partial charge in [0, 0.05) is 43.7 Å². The molecule has 0 fully saturated rings. The highest BCUT2D eigenvalue weighted by atomic mass is 15.4. The summed E-state index contributed by atoms with van der Waals surface area (Å²) >= 11 is 0. The van der Waals surface area contributed by atoms with Gasteiger partial charge in [0.2, 0.25) is 12.4 Å². The molecule has 12 rings (SSSR count). The standard InChI is InChI=1S/C51H32N3/c1-3-13-33(14-4-1)45-32-52(31-37-15-7-8-20-39(37)45)54-47-24-10-9-21-40(47)43-29-35(26-28-48(43)54)36-25-27-46-44(30-36)50-41-22-11-16-34-17-12-23-42(49(34)41)51(50)53(46)38-18-5-2-6-19-38/h1-32H/q+1. The highest BCUT2D eigenvalue weighted by molar-refractivity contribution is 6.22. The van der Waals surface area contributed by atoms with Crippen LogP contribution in [0.5, 0.6) is 0 Å². The van der Waals surface area contributed by atoms with Crippen molar-refractivity contribution in [3.05, 3.63) is 194 Å². The van der Waals surface area contributed by atoms with Gasteiger partial charge in [-0.3, -0.25) is 0 Å². The van der Waals surface area contributed by atoms with Crippen molar-refractivity contribution in [3.63, 3.8) is 0 Å². The second kappa shape index (κ2) is 11.1. The second-order valence-corrected chi connectivity index (χ2v) is 14.4. The third kappa shape index (κ3) is 4.09. The van der Waals surface area contributed by atoms with Crippen LogP contribution < -0.4 is 4.68 Å². The van der Waals surface area contributed by atoms with E-state index < -0.39 is 0 Å². The normalized spacial score (nSPS) is 12.1. The van der Waals surface area contributed by atoms with Gasteiger partial charge in [0.1, 0.15) is 11.0 Å². The molecule has 0 N–H and O–H groups in total. The molecule has 8 aromatic carbocycles. The molecule has 3 nitrogen and oxygen atoms in total. The fourth-order valence-electron chi connectivity index (χ4n) is 9.17. The van der Waals surface area contributed by atoms with Gasteiger partial charge in [-0.1, -0.05) is 138 Å². The molecule has 0 unspecified atom stereocenters. The maximum atomic E-state index is 2.46. The van der Waals surface area contributed by atoms with Gasteiger partial charge in [-0.05, 0) is 81.6 Å². The zero-order valence-corrected chi connectivity index (χ0v) is 29.3. The lowest BCUT2D eigenvalue weighted by atomic mass is 9.98. The van der Waals surface area contributed by atoms with Crippen molar-refractivity contribution in [2.45, 2.75) is 0 Å². The Balaban J connectivity index is 1.08. The van der Waals surface area contributed by atoms with Crippen molar-refractivity contribution >= 4 is 54.3 Å². The molecule has 3 heteroatoms. The molecule has 0 bridgehead atoms. The highest BCUT2D eigenvalue weighted by Crippen LogP contribution is 2.53. The van der Waals surface area contributed by atoms with Crippen LogP contribution >= 0.6 is 0 Å². The predicted molar refractivity (Wildman–Crippen MR) is 224 cm³/mol. The Morgan fingerprint density at radius 3 is 1.81 bits per heavy atom. The summed E-state index contributed by atoms with van der Waals surface area (Å²) in [6.45, 7) is 0. The number of hydrogen-bond acceptors (Lipinski definition) is 0. The molecule has 54 heavy (non-hydrogen) atoms. The van der Waals surface area contributed by atoms with Crippen LogP contribution in [0.15, 0.2) is 194 Å². The molecule has 0 amide bonds. The van der Waals surface area contributed by atoms with Crippen LogP contribution in [0.3, 0.4) is 0 Å². The minimum atomic E-state index is 1.17. The van der Waals surface area contributed by atoms with E-state index in [9.17, 15) is 0 Å². The van der Waals surface area contributed by atoms with Crippen molar-refractivity contribution < 1.29 is 4.68 Å². The maximum Gasteiger partial charge on any atom is 0.208 e. The summed E-state index contributed by atoms with van der Waals surface area (Å²) in [6, 6.07) is 66.5. The van der Waals surface area contributed by atoms with E-state index in [4.69, 9.17) is 0 Å². The van der Waals surface area contributed by atoms with Crippen LogP contribution in [0.25, 0.3) is 105 Å². The van der Waals surface area contributed by atoms with Crippen LogP contribution in [0.1, 0.15) is 0 Å². The third-order valence-corrected chi connectivity index (χ3v) is 11.5. The molecule has 0 saturated carbocycles. The first-order valence-corrected chi connectivity index (χ1v) is 18.6. The lowest BCUT2D eigenvalue weighted by Crippen LogP contribution is -2.41. The van der Waals surface area contributed by atoms with Gasteiger partial charge in [-0.2, -0.15) is 0 Å². The average Bonchev–Trinajstić information content (AvgIpc) is 3.87. The van der Waals surface area contributed by atoms with Crippen molar-refractivity contribution in [3.8, 4) is 50.3 Å². The summed E-state index contributed by atoms with van der Waals surface area (Å²) in [6.07, 6.45) is 4.54. The Kier molecular flexibility index (Phi) is 6.05. The Labute approximate surface area is 311 Å². The zero-order valence-electron chi connectivity index (χ0n) is 29.3. The van der Waals surface area contributed by atoms with Crippen LogP contribution in [-0.2, 0) is 0 Å². The van der Waals surface area contributed by atoms with Crippen LogP contribution in [0.4, 0.5) is 0 Å². The number of aromatic nitrogens is 3. The zero-order chi connectivity index (χ0) is 35.3. The number of benzene rings is 8. The van der Waals surface area contributed by atoms with Crippen LogP contribution in [0.2, 0.25) is 0 Å². The quantitative estimate of drug-likeness (QED) is 0.164. The largest absolute Gasteiger partial charge is 0.309 e. The molecule has 3 heterocycles. The number of rotatable bonds is 4. The van der Waals surface area contributed by atoms with Gasteiger partial charge in [0.05, 0.1) is 16.8 Å². The van der Waals surface area contributed by atoms with Crippen LogP contribution in [0, 0.1) is 0 Å². The topological polar surface area (TPSA) is 13.7 Å². The van der Waals surface area contributed by atoms with Crippen molar-refractivity contribution in [1.82, 2.24) is 9.24 Å². The van der Waals surface area contributed by atoms with Crippen molar-refractivity contribution in [2.24, 2.45) is 0 Å². The number of nitrogens with zero attached hydrogens (tertiary/aromatic N) is 3. The molecule has 1 aliphatic carbocycles.